The number of nitrogens with zero attached hydrogens (tertiary/aromatic N) is 3. The Morgan fingerprint density at radius 2 is 1.69 bits per heavy atom. The minimum Gasteiger partial charge on any atom is -0.395 e. The Morgan fingerprint density at radius 3 is 2.21 bits per heavy atom. The number of piperazine rings is 1. The van der Waals surface area contributed by atoms with Gasteiger partial charge in [-0.05, 0) is 31.5 Å². The van der Waals surface area contributed by atoms with E-state index >= 15 is 0 Å². The number of amides is 3. The fraction of sp³-hybridized carbons (Fsp3) is 0.476. The maximum atomic E-state index is 13.2. The van der Waals surface area contributed by atoms with Crippen molar-refractivity contribution in [3.8, 4) is 0 Å². The van der Waals surface area contributed by atoms with Crippen LogP contribution in [0.1, 0.15) is 26.3 Å². The monoisotopic (exact) mass is 400 g/mol. The number of hydrogen-bond acceptors (Lipinski definition) is 6. The SMILES string of the molecule is CC(=O)Nc1ccc(C2=C(N3CCN(CCO)CC3)C(=O)N(C(C)C)C2=O)cc1. The lowest BCUT2D eigenvalue weighted by atomic mass is 10.0. The first-order chi connectivity index (χ1) is 13.8. The second-order valence-electron chi connectivity index (χ2n) is 7.61. The summed E-state index contributed by atoms with van der Waals surface area (Å²) in [6, 6.07) is 6.75. The van der Waals surface area contributed by atoms with Crippen molar-refractivity contribution in [3.63, 3.8) is 0 Å². The molecule has 1 aromatic rings. The third kappa shape index (κ3) is 4.33. The normalized spacial score (nSPS) is 18.2. The number of rotatable bonds is 6. The molecule has 0 radical (unpaired) electrons. The summed E-state index contributed by atoms with van der Waals surface area (Å²) in [7, 11) is 0. The quantitative estimate of drug-likeness (QED) is 0.685. The van der Waals surface area contributed by atoms with E-state index < -0.39 is 0 Å². The summed E-state index contributed by atoms with van der Waals surface area (Å²) in [6.07, 6.45) is 0. The molecule has 2 aliphatic rings. The van der Waals surface area contributed by atoms with Crippen molar-refractivity contribution in [1.29, 1.82) is 0 Å². The molecule has 3 amide bonds. The molecular weight excluding hydrogens is 372 g/mol. The van der Waals surface area contributed by atoms with E-state index in [9.17, 15) is 14.4 Å². The molecule has 3 rings (SSSR count). The molecule has 0 saturated carbocycles. The van der Waals surface area contributed by atoms with E-state index in [1.165, 1.54) is 11.8 Å². The number of hydrogen-bond donors (Lipinski definition) is 2. The minimum atomic E-state index is -0.287. The number of β-amino-alcohol motifs (C(OH)–C–C–N with tert-alkyl or cyclic N) is 1. The number of imide groups is 1. The molecule has 8 nitrogen and oxygen atoms in total. The van der Waals surface area contributed by atoms with Crippen LogP contribution in [-0.4, -0.2) is 82.9 Å². The average molecular weight is 400 g/mol. The lowest BCUT2D eigenvalue weighted by molar-refractivity contribution is -0.139. The van der Waals surface area contributed by atoms with E-state index in [1.807, 2.05) is 18.7 Å². The van der Waals surface area contributed by atoms with Gasteiger partial charge in [0.1, 0.15) is 5.70 Å². The molecule has 0 bridgehead atoms. The summed E-state index contributed by atoms with van der Waals surface area (Å²) in [5, 5.41) is 11.8. The summed E-state index contributed by atoms with van der Waals surface area (Å²) in [5.41, 5.74) is 2.15. The van der Waals surface area contributed by atoms with E-state index in [-0.39, 0.29) is 30.4 Å². The molecule has 2 aliphatic heterocycles. The van der Waals surface area contributed by atoms with E-state index in [4.69, 9.17) is 5.11 Å². The van der Waals surface area contributed by atoms with E-state index in [1.54, 1.807) is 24.3 Å². The highest BCUT2D eigenvalue weighted by atomic mass is 16.3. The first kappa shape index (κ1) is 21.0. The van der Waals surface area contributed by atoms with Gasteiger partial charge in [0, 0.05) is 51.4 Å². The van der Waals surface area contributed by atoms with E-state index in [0.29, 0.717) is 42.2 Å². The van der Waals surface area contributed by atoms with Crippen LogP contribution in [-0.2, 0) is 14.4 Å². The van der Waals surface area contributed by atoms with Gasteiger partial charge in [0.05, 0.1) is 12.2 Å². The fourth-order valence-corrected chi connectivity index (χ4v) is 3.82. The molecule has 0 spiro atoms. The maximum absolute atomic E-state index is 13.2. The van der Waals surface area contributed by atoms with Gasteiger partial charge < -0.3 is 15.3 Å². The van der Waals surface area contributed by atoms with Gasteiger partial charge in [-0.1, -0.05) is 12.1 Å². The Bertz CT molecular complexity index is 824. The number of carbonyl (C=O) groups excluding carboxylic acids is 3. The summed E-state index contributed by atoms with van der Waals surface area (Å²) in [6.45, 7) is 8.49. The van der Waals surface area contributed by atoms with Crippen molar-refractivity contribution in [2.24, 2.45) is 0 Å². The van der Waals surface area contributed by atoms with Crippen LogP contribution in [0.3, 0.4) is 0 Å². The van der Waals surface area contributed by atoms with Crippen LogP contribution in [0.4, 0.5) is 5.69 Å². The number of carbonyl (C=O) groups is 3. The largest absolute Gasteiger partial charge is 0.395 e. The Morgan fingerprint density at radius 1 is 1.07 bits per heavy atom. The van der Waals surface area contributed by atoms with Crippen LogP contribution < -0.4 is 5.32 Å². The summed E-state index contributed by atoms with van der Waals surface area (Å²) in [5.74, 6) is -0.719. The molecule has 0 aromatic heterocycles. The zero-order chi connectivity index (χ0) is 21.1. The molecule has 156 valence electrons. The van der Waals surface area contributed by atoms with Crippen molar-refractivity contribution >= 4 is 29.0 Å². The Balaban J connectivity index is 1.95. The van der Waals surface area contributed by atoms with Crippen LogP contribution in [0.5, 0.6) is 0 Å². The molecule has 1 fully saturated rings. The zero-order valence-electron chi connectivity index (χ0n) is 17.1. The molecule has 2 heterocycles. The second kappa shape index (κ2) is 8.75. The molecule has 29 heavy (non-hydrogen) atoms. The molecule has 2 N–H and O–H groups in total. The number of aliphatic hydroxyl groups is 1. The average Bonchev–Trinajstić information content (AvgIpc) is 2.93. The summed E-state index contributed by atoms with van der Waals surface area (Å²) >= 11 is 0. The van der Waals surface area contributed by atoms with Crippen LogP contribution in [0, 0.1) is 0 Å². The summed E-state index contributed by atoms with van der Waals surface area (Å²) < 4.78 is 0. The Kier molecular flexibility index (Phi) is 6.34. The minimum absolute atomic E-state index is 0.104. The second-order valence-corrected chi connectivity index (χ2v) is 7.61. The van der Waals surface area contributed by atoms with Gasteiger partial charge in [-0.25, -0.2) is 0 Å². The van der Waals surface area contributed by atoms with Crippen molar-refractivity contribution in [1.82, 2.24) is 14.7 Å². The first-order valence-electron chi connectivity index (χ1n) is 9.91. The van der Waals surface area contributed by atoms with E-state index in [2.05, 4.69) is 10.2 Å². The molecule has 0 unspecified atom stereocenters. The first-order valence-corrected chi connectivity index (χ1v) is 9.91. The van der Waals surface area contributed by atoms with E-state index in [0.717, 1.165) is 13.1 Å². The highest BCUT2D eigenvalue weighted by Gasteiger charge is 2.43. The van der Waals surface area contributed by atoms with Crippen molar-refractivity contribution in [3.05, 3.63) is 35.5 Å². The van der Waals surface area contributed by atoms with Gasteiger partial charge in [-0.2, -0.15) is 0 Å². The lowest BCUT2D eigenvalue weighted by Gasteiger charge is -2.36. The number of aliphatic hydroxyl groups excluding tert-OH is 1. The van der Waals surface area contributed by atoms with Crippen LogP contribution >= 0.6 is 0 Å². The highest BCUT2D eigenvalue weighted by Crippen LogP contribution is 2.33. The van der Waals surface area contributed by atoms with Gasteiger partial charge >= 0.3 is 0 Å². The van der Waals surface area contributed by atoms with Gasteiger partial charge in [0.25, 0.3) is 11.8 Å². The Labute approximate surface area is 170 Å². The number of anilines is 1. The van der Waals surface area contributed by atoms with Gasteiger partial charge in [-0.15, -0.1) is 0 Å². The molecule has 1 saturated heterocycles. The number of nitrogens with one attached hydrogen (secondary N) is 1. The van der Waals surface area contributed by atoms with Crippen molar-refractivity contribution in [2.45, 2.75) is 26.8 Å². The standard InChI is InChI=1S/C21H28N4O4/c1-14(2)25-20(28)18(16-4-6-17(7-5-16)22-15(3)27)19(21(25)29)24-10-8-23(9-11-24)12-13-26/h4-7,14,26H,8-13H2,1-3H3,(H,22,27). The molecule has 1 aromatic carbocycles. The zero-order valence-corrected chi connectivity index (χ0v) is 17.1. The maximum Gasteiger partial charge on any atom is 0.278 e. The fourth-order valence-electron chi connectivity index (χ4n) is 3.82. The lowest BCUT2D eigenvalue weighted by Crippen LogP contribution is -2.48. The smallest absolute Gasteiger partial charge is 0.278 e. The van der Waals surface area contributed by atoms with Gasteiger partial charge in [0.15, 0.2) is 0 Å². The van der Waals surface area contributed by atoms with Gasteiger partial charge in [0.2, 0.25) is 5.91 Å². The van der Waals surface area contributed by atoms with Crippen LogP contribution in [0.2, 0.25) is 0 Å². The molecule has 0 atom stereocenters. The van der Waals surface area contributed by atoms with Crippen molar-refractivity contribution < 1.29 is 19.5 Å². The molecule has 8 heteroatoms. The van der Waals surface area contributed by atoms with Crippen molar-refractivity contribution in [2.75, 3.05) is 44.6 Å². The third-order valence-corrected chi connectivity index (χ3v) is 5.21. The molecular formula is C21H28N4O4. The predicted octanol–water partition coefficient (Wildman–Crippen LogP) is 0.743. The highest BCUT2D eigenvalue weighted by molar-refractivity contribution is 6.35. The number of benzene rings is 1. The topological polar surface area (TPSA) is 93.2 Å². The Hall–Kier alpha value is -2.71. The summed E-state index contributed by atoms with van der Waals surface area (Å²) in [4.78, 5) is 43.0. The third-order valence-electron chi connectivity index (χ3n) is 5.21. The van der Waals surface area contributed by atoms with Crippen LogP contribution in [0.25, 0.3) is 5.57 Å². The predicted molar refractivity (Wildman–Crippen MR) is 110 cm³/mol. The van der Waals surface area contributed by atoms with Crippen LogP contribution in [0.15, 0.2) is 30.0 Å². The molecule has 0 aliphatic carbocycles. The van der Waals surface area contributed by atoms with Gasteiger partial charge in [-0.3, -0.25) is 24.2 Å².